The quantitative estimate of drug-likeness (QED) is 0.940. The molecule has 0 radical (unpaired) electrons. The minimum atomic E-state index is 0.147. The Kier molecular flexibility index (Phi) is 3.94. The Morgan fingerprint density at radius 3 is 2.80 bits per heavy atom. The minimum absolute atomic E-state index is 0.147. The van der Waals surface area contributed by atoms with E-state index in [0.717, 1.165) is 35.5 Å². The summed E-state index contributed by atoms with van der Waals surface area (Å²) >= 11 is 1.57. The molecule has 1 aliphatic carbocycles. The predicted octanol–water partition coefficient (Wildman–Crippen LogP) is 3.05. The van der Waals surface area contributed by atoms with E-state index in [0.29, 0.717) is 12.2 Å². The molecule has 1 aromatic carbocycles. The van der Waals surface area contributed by atoms with E-state index in [1.165, 1.54) is 0 Å². The van der Waals surface area contributed by atoms with Gasteiger partial charge in [0.1, 0.15) is 10.8 Å². The maximum atomic E-state index is 12.2. The molecule has 0 aliphatic heterocycles. The first-order valence-corrected chi connectivity index (χ1v) is 7.88. The topological polar surface area (TPSA) is 56.0 Å². The van der Waals surface area contributed by atoms with Crippen molar-refractivity contribution in [3.63, 3.8) is 0 Å². The van der Waals surface area contributed by atoms with Gasteiger partial charge in [0, 0.05) is 22.9 Å². The van der Waals surface area contributed by atoms with Gasteiger partial charge in [-0.3, -0.25) is 4.79 Å². The summed E-state index contributed by atoms with van der Waals surface area (Å²) in [5.41, 5.74) is 7.93. The molecule has 2 unspecified atom stereocenters. The molecule has 2 N–H and O–H groups in total. The first-order valence-electron chi connectivity index (χ1n) is 7.00. The Balaban J connectivity index is 1.67. The minimum Gasteiger partial charge on any atom is -0.328 e. The third kappa shape index (κ3) is 2.97. The number of nitrogens with zero attached hydrogens (tertiary/aromatic N) is 1. The highest BCUT2D eigenvalue weighted by atomic mass is 32.1. The molecule has 20 heavy (non-hydrogen) atoms. The number of thiazole rings is 1. The summed E-state index contributed by atoms with van der Waals surface area (Å²) < 4.78 is 0. The summed E-state index contributed by atoms with van der Waals surface area (Å²) in [7, 11) is 0. The van der Waals surface area contributed by atoms with Crippen molar-refractivity contribution in [2.75, 3.05) is 0 Å². The highest BCUT2D eigenvalue weighted by molar-refractivity contribution is 7.10. The molecule has 0 spiro atoms. The fourth-order valence-electron chi connectivity index (χ4n) is 2.74. The molecule has 0 amide bonds. The third-order valence-electron chi connectivity index (χ3n) is 3.88. The van der Waals surface area contributed by atoms with Gasteiger partial charge in [0.2, 0.25) is 0 Å². The molecule has 3 rings (SSSR count). The second-order valence-electron chi connectivity index (χ2n) is 5.41. The molecule has 1 fully saturated rings. The van der Waals surface area contributed by atoms with Crippen LogP contribution in [-0.2, 0) is 11.2 Å². The SMILES string of the molecule is NC1CCC(C(=O)Cc2nc(-c3ccccc3)cs2)C1. The van der Waals surface area contributed by atoms with Crippen molar-refractivity contribution in [3.05, 3.63) is 40.7 Å². The molecule has 1 aliphatic rings. The van der Waals surface area contributed by atoms with Crippen LogP contribution in [0.15, 0.2) is 35.7 Å². The third-order valence-corrected chi connectivity index (χ3v) is 4.72. The van der Waals surface area contributed by atoms with E-state index in [1.807, 2.05) is 35.7 Å². The van der Waals surface area contributed by atoms with Crippen LogP contribution in [0, 0.1) is 5.92 Å². The lowest BCUT2D eigenvalue weighted by Gasteiger charge is -2.06. The van der Waals surface area contributed by atoms with Gasteiger partial charge in [-0.25, -0.2) is 4.98 Å². The average Bonchev–Trinajstić information content (AvgIpc) is 3.09. The molecule has 104 valence electrons. The lowest BCUT2D eigenvalue weighted by Crippen LogP contribution is -2.19. The summed E-state index contributed by atoms with van der Waals surface area (Å²) in [6.07, 6.45) is 3.21. The Morgan fingerprint density at radius 2 is 2.10 bits per heavy atom. The molecule has 1 heterocycles. The zero-order chi connectivity index (χ0) is 13.9. The highest BCUT2D eigenvalue weighted by Gasteiger charge is 2.28. The molecule has 3 nitrogen and oxygen atoms in total. The van der Waals surface area contributed by atoms with Crippen LogP contribution in [0.25, 0.3) is 11.3 Å². The Morgan fingerprint density at radius 1 is 1.30 bits per heavy atom. The summed E-state index contributed by atoms with van der Waals surface area (Å²) in [5, 5.41) is 2.94. The Labute approximate surface area is 122 Å². The fourth-order valence-corrected chi connectivity index (χ4v) is 3.55. The largest absolute Gasteiger partial charge is 0.328 e. The molecule has 2 aromatic rings. The van der Waals surface area contributed by atoms with E-state index in [-0.39, 0.29) is 12.0 Å². The van der Waals surface area contributed by atoms with Gasteiger partial charge in [-0.15, -0.1) is 11.3 Å². The number of carbonyl (C=O) groups excluding carboxylic acids is 1. The number of carbonyl (C=O) groups is 1. The van der Waals surface area contributed by atoms with Crippen LogP contribution in [0.3, 0.4) is 0 Å². The van der Waals surface area contributed by atoms with Crippen LogP contribution >= 0.6 is 11.3 Å². The number of ketones is 1. The van der Waals surface area contributed by atoms with Crippen molar-refractivity contribution in [1.82, 2.24) is 4.98 Å². The molecule has 1 aromatic heterocycles. The monoisotopic (exact) mass is 286 g/mol. The molecule has 0 saturated heterocycles. The van der Waals surface area contributed by atoms with E-state index in [1.54, 1.807) is 11.3 Å². The molecular weight excluding hydrogens is 268 g/mol. The first-order chi connectivity index (χ1) is 9.72. The van der Waals surface area contributed by atoms with Crippen molar-refractivity contribution >= 4 is 17.1 Å². The number of benzene rings is 1. The van der Waals surface area contributed by atoms with Crippen LogP contribution < -0.4 is 5.73 Å². The van der Waals surface area contributed by atoms with E-state index in [9.17, 15) is 4.79 Å². The maximum absolute atomic E-state index is 12.2. The lowest BCUT2D eigenvalue weighted by atomic mass is 10.0. The zero-order valence-corrected chi connectivity index (χ0v) is 12.1. The first kappa shape index (κ1) is 13.5. The maximum Gasteiger partial charge on any atom is 0.142 e. The van der Waals surface area contributed by atoms with Crippen LogP contribution in [0.5, 0.6) is 0 Å². The Bertz CT molecular complexity index is 594. The van der Waals surface area contributed by atoms with Crippen molar-refractivity contribution < 1.29 is 4.79 Å². The van der Waals surface area contributed by atoms with E-state index in [2.05, 4.69) is 4.98 Å². The van der Waals surface area contributed by atoms with Gasteiger partial charge in [0.25, 0.3) is 0 Å². The molecular formula is C16H18N2OS. The van der Waals surface area contributed by atoms with Gasteiger partial charge in [-0.2, -0.15) is 0 Å². The van der Waals surface area contributed by atoms with Crippen molar-refractivity contribution in [2.24, 2.45) is 11.7 Å². The number of rotatable bonds is 4. The smallest absolute Gasteiger partial charge is 0.142 e. The van der Waals surface area contributed by atoms with Gasteiger partial charge >= 0.3 is 0 Å². The Hall–Kier alpha value is -1.52. The number of hydrogen-bond donors (Lipinski definition) is 1. The number of Topliss-reactive ketones (excluding diaryl/α,β-unsaturated/α-hetero) is 1. The highest BCUT2D eigenvalue weighted by Crippen LogP contribution is 2.27. The van der Waals surface area contributed by atoms with E-state index >= 15 is 0 Å². The molecule has 0 bridgehead atoms. The summed E-state index contributed by atoms with van der Waals surface area (Å²) in [6, 6.07) is 10.3. The summed E-state index contributed by atoms with van der Waals surface area (Å²) in [5.74, 6) is 0.445. The lowest BCUT2D eigenvalue weighted by molar-refractivity contribution is -0.122. The van der Waals surface area contributed by atoms with E-state index in [4.69, 9.17) is 5.73 Å². The van der Waals surface area contributed by atoms with Gasteiger partial charge < -0.3 is 5.73 Å². The summed E-state index contributed by atoms with van der Waals surface area (Å²) in [4.78, 5) is 16.8. The van der Waals surface area contributed by atoms with Crippen LogP contribution in [0.1, 0.15) is 24.3 Å². The van der Waals surface area contributed by atoms with Crippen molar-refractivity contribution in [1.29, 1.82) is 0 Å². The number of aromatic nitrogens is 1. The zero-order valence-electron chi connectivity index (χ0n) is 11.3. The van der Waals surface area contributed by atoms with Gasteiger partial charge in [0.15, 0.2) is 0 Å². The van der Waals surface area contributed by atoms with Gasteiger partial charge in [0.05, 0.1) is 12.1 Å². The van der Waals surface area contributed by atoms with Crippen molar-refractivity contribution in [2.45, 2.75) is 31.7 Å². The van der Waals surface area contributed by atoms with Gasteiger partial charge in [-0.1, -0.05) is 30.3 Å². The van der Waals surface area contributed by atoms with Crippen LogP contribution in [0.2, 0.25) is 0 Å². The number of hydrogen-bond acceptors (Lipinski definition) is 4. The molecule has 1 saturated carbocycles. The molecule has 4 heteroatoms. The summed E-state index contributed by atoms with van der Waals surface area (Å²) in [6.45, 7) is 0. The fraction of sp³-hybridized carbons (Fsp3) is 0.375. The van der Waals surface area contributed by atoms with Crippen LogP contribution in [-0.4, -0.2) is 16.8 Å². The normalized spacial score (nSPS) is 22.1. The van der Waals surface area contributed by atoms with E-state index < -0.39 is 0 Å². The van der Waals surface area contributed by atoms with Crippen LogP contribution in [0.4, 0.5) is 0 Å². The van der Waals surface area contributed by atoms with Crippen molar-refractivity contribution in [3.8, 4) is 11.3 Å². The molecule has 2 atom stereocenters. The standard InChI is InChI=1S/C16H18N2OS/c17-13-7-6-12(8-13)15(19)9-16-18-14(10-20-16)11-4-2-1-3-5-11/h1-5,10,12-13H,6-9,17H2. The average molecular weight is 286 g/mol. The second kappa shape index (κ2) is 5.85. The van der Waals surface area contributed by atoms with Gasteiger partial charge in [-0.05, 0) is 19.3 Å². The second-order valence-corrected chi connectivity index (χ2v) is 6.35. The predicted molar refractivity (Wildman–Crippen MR) is 81.6 cm³/mol. The number of nitrogens with two attached hydrogens (primary N) is 1.